The summed E-state index contributed by atoms with van der Waals surface area (Å²) in [4.78, 5) is 9.32. The van der Waals surface area contributed by atoms with Crippen LogP contribution in [0.5, 0.6) is 0 Å². The molecule has 0 aliphatic rings. The highest BCUT2D eigenvalue weighted by atomic mass is 15.3. The predicted molar refractivity (Wildman–Crippen MR) is 120 cm³/mol. The standard InChI is InChI=1S/C22H28N8/c1-4-5-12-30-20(26-21(29-30)15(2)3)13-16-10-11-19(25-14-16)17-8-6-7-9-18(17)22(27-23)28-24/h6-11,14H,2,4-5,12-13,23-24H2,1,3H3,(H,27,28). The van der Waals surface area contributed by atoms with Crippen LogP contribution >= 0.6 is 0 Å². The normalized spacial score (nSPS) is 11.5. The van der Waals surface area contributed by atoms with E-state index in [2.05, 4.69) is 39.1 Å². The fourth-order valence-electron chi connectivity index (χ4n) is 3.14. The molecule has 0 spiro atoms. The summed E-state index contributed by atoms with van der Waals surface area (Å²) in [6, 6.07) is 11.7. The average molecular weight is 405 g/mol. The molecule has 0 bridgehead atoms. The summed E-state index contributed by atoms with van der Waals surface area (Å²) < 4.78 is 1.98. The Bertz CT molecular complexity index is 1030. The smallest absolute Gasteiger partial charge is 0.176 e. The van der Waals surface area contributed by atoms with Crippen LogP contribution < -0.4 is 17.1 Å². The van der Waals surface area contributed by atoms with Gasteiger partial charge in [-0.05, 0) is 30.5 Å². The van der Waals surface area contributed by atoms with Crippen molar-refractivity contribution in [2.75, 3.05) is 0 Å². The molecule has 3 rings (SSSR count). The van der Waals surface area contributed by atoms with Gasteiger partial charge in [0.2, 0.25) is 0 Å². The van der Waals surface area contributed by atoms with Crippen LogP contribution in [0.1, 0.15) is 49.5 Å². The van der Waals surface area contributed by atoms with Gasteiger partial charge >= 0.3 is 0 Å². The second-order valence-corrected chi connectivity index (χ2v) is 7.10. The minimum atomic E-state index is 0.396. The van der Waals surface area contributed by atoms with E-state index in [0.717, 1.165) is 53.2 Å². The zero-order valence-corrected chi connectivity index (χ0v) is 17.5. The Labute approximate surface area is 176 Å². The third kappa shape index (κ3) is 4.72. The van der Waals surface area contributed by atoms with Gasteiger partial charge in [0.25, 0.3) is 0 Å². The lowest BCUT2D eigenvalue weighted by Gasteiger charge is -2.11. The van der Waals surface area contributed by atoms with Crippen LogP contribution in [0, 0.1) is 0 Å². The molecule has 0 fully saturated rings. The maximum atomic E-state index is 5.54. The topological polar surface area (TPSA) is 120 Å². The van der Waals surface area contributed by atoms with Crippen molar-refractivity contribution >= 4 is 11.4 Å². The second-order valence-electron chi connectivity index (χ2n) is 7.10. The number of pyridine rings is 1. The number of amidine groups is 1. The van der Waals surface area contributed by atoms with Gasteiger partial charge in [0.05, 0.1) is 5.69 Å². The lowest BCUT2D eigenvalue weighted by atomic mass is 10.0. The maximum absolute atomic E-state index is 5.54. The average Bonchev–Trinajstić information content (AvgIpc) is 3.17. The number of nitrogens with two attached hydrogens (primary N) is 2. The number of nitrogens with zero attached hydrogens (tertiary/aromatic N) is 5. The summed E-state index contributed by atoms with van der Waals surface area (Å²) in [6.07, 6.45) is 4.67. The Kier molecular flexibility index (Phi) is 6.92. The number of aryl methyl sites for hydroxylation is 1. The number of unbranched alkanes of at least 4 members (excludes halogenated alkanes) is 1. The quantitative estimate of drug-likeness (QED) is 0.230. The third-order valence-electron chi connectivity index (χ3n) is 4.76. The number of nitrogens with one attached hydrogen (secondary N) is 1. The molecule has 3 aromatic rings. The molecule has 1 aromatic carbocycles. The first-order valence-electron chi connectivity index (χ1n) is 9.96. The monoisotopic (exact) mass is 404 g/mol. The number of aromatic nitrogens is 4. The van der Waals surface area contributed by atoms with Crippen LogP contribution in [0.3, 0.4) is 0 Å². The predicted octanol–water partition coefficient (Wildman–Crippen LogP) is 2.85. The first-order chi connectivity index (χ1) is 14.6. The summed E-state index contributed by atoms with van der Waals surface area (Å²) in [5.41, 5.74) is 6.93. The number of benzene rings is 1. The van der Waals surface area contributed by atoms with Gasteiger partial charge in [0.1, 0.15) is 5.82 Å². The molecule has 0 atom stereocenters. The Hall–Kier alpha value is -3.52. The number of allylic oxidation sites excluding steroid dienone is 1. The molecule has 5 N–H and O–H groups in total. The number of rotatable bonds is 8. The van der Waals surface area contributed by atoms with Gasteiger partial charge in [0, 0.05) is 30.3 Å². The summed E-state index contributed by atoms with van der Waals surface area (Å²) in [7, 11) is 0. The molecule has 0 saturated carbocycles. The van der Waals surface area contributed by atoms with Crippen molar-refractivity contribution in [2.24, 2.45) is 16.8 Å². The summed E-state index contributed by atoms with van der Waals surface area (Å²) in [6.45, 7) is 8.90. The number of hydrazone groups is 1. The highest BCUT2D eigenvalue weighted by molar-refractivity contribution is 6.03. The maximum Gasteiger partial charge on any atom is 0.176 e. The van der Waals surface area contributed by atoms with Gasteiger partial charge in [-0.25, -0.2) is 15.5 Å². The molecule has 0 radical (unpaired) electrons. The van der Waals surface area contributed by atoms with E-state index in [4.69, 9.17) is 11.7 Å². The number of hydrogen-bond donors (Lipinski definition) is 3. The van der Waals surface area contributed by atoms with Gasteiger partial charge in [-0.1, -0.05) is 50.3 Å². The molecule has 0 aliphatic heterocycles. The van der Waals surface area contributed by atoms with Crippen molar-refractivity contribution in [2.45, 2.75) is 39.7 Å². The molecule has 2 heterocycles. The van der Waals surface area contributed by atoms with Crippen molar-refractivity contribution in [1.82, 2.24) is 25.2 Å². The molecule has 0 amide bonds. The number of hydrogen-bond acceptors (Lipinski definition) is 6. The molecule has 0 aliphatic carbocycles. The van der Waals surface area contributed by atoms with E-state index >= 15 is 0 Å². The van der Waals surface area contributed by atoms with E-state index in [1.807, 2.05) is 54.2 Å². The van der Waals surface area contributed by atoms with Gasteiger partial charge < -0.3 is 11.3 Å². The fraction of sp³-hybridized carbons (Fsp3) is 0.273. The van der Waals surface area contributed by atoms with Crippen LogP contribution in [0.15, 0.2) is 54.3 Å². The van der Waals surface area contributed by atoms with Gasteiger partial charge in [0.15, 0.2) is 11.7 Å². The Morgan fingerprint density at radius 3 is 2.67 bits per heavy atom. The van der Waals surface area contributed by atoms with E-state index in [9.17, 15) is 0 Å². The lowest BCUT2D eigenvalue weighted by molar-refractivity contribution is 0.549. The first kappa shape index (κ1) is 21.2. The van der Waals surface area contributed by atoms with Crippen molar-refractivity contribution in [3.63, 3.8) is 0 Å². The highest BCUT2D eigenvalue weighted by Gasteiger charge is 2.13. The molecule has 30 heavy (non-hydrogen) atoms. The SMILES string of the molecule is C=C(C)c1nc(Cc2ccc(-c3ccccc3C(=NN)NN)nc2)n(CCCC)n1. The van der Waals surface area contributed by atoms with E-state index in [1.54, 1.807) is 0 Å². The first-order valence-corrected chi connectivity index (χ1v) is 9.96. The zero-order valence-electron chi connectivity index (χ0n) is 17.5. The van der Waals surface area contributed by atoms with E-state index in [-0.39, 0.29) is 0 Å². The Morgan fingerprint density at radius 2 is 2.03 bits per heavy atom. The second kappa shape index (κ2) is 9.80. The van der Waals surface area contributed by atoms with Crippen LogP contribution in [0.2, 0.25) is 0 Å². The third-order valence-corrected chi connectivity index (χ3v) is 4.76. The summed E-state index contributed by atoms with van der Waals surface area (Å²) in [5, 5.41) is 8.31. The minimum Gasteiger partial charge on any atom is -0.321 e. The van der Waals surface area contributed by atoms with Crippen molar-refractivity contribution in [1.29, 1.82) is 0 Å². The molecule has 156 valence electrons. The molecule has 8 nitrogen and oxygen atoms in total. The Morgan fingerprint density at radius 1 is 1.23 bits per heavy atom. The van der Waals surface area contributed by atoms with E-state index < -0.39 is 0 Å². The molecular formula is C22H28N8. The van der Waals surface area contributed by atoms with Gasteiger partial charge in [-0.15, -0.1) is 0 Å². The molecule has 8 heteroatoms. The van der Waals surface area contributed by atoms with Gasteiger partial charge in [-0.2, -0.15) is 10.2 Å². The molecular weight excluding hydrogens is 376 g/mol. The van der Waals surface area contributed by atoms with E-state index in [0.29, 0.717) is 18.1 Å². The summed E-state index contributed by atoms with van der Waals surface area (Å²) in [5.74, 6) is 13.0. The minimum absolute atomic E-state index is 0.396. The van der Waals surface area contributed by atoms with Crippen molar-refractivity contribution in [3.8, 4) is 11.3 Å². The van der Waals surface area contributed by atoms with Crippen molar-refractivity contribution in [3.05, 3.63) is 71.9 Å². The van der Waals surface area contributed by atoms with Crippen LogP contribution in [-0.2, 0) is 13.0 Å². The lowest BCUT2D eigenvalue weighted by Crippen LogP contribution is -2.32. The van der Waals surface area contributed by atoms with Crippen LogP contribution in [0.4, 0.5) is 0 Å². The highest BCUT2D eigenvalue weighted by Crippen LogP contribution is 2.23. The van der Waals surface area contributed by atoms with Crippen LogP contribution in [-0.4, -0.2) is 25.6 Å². The van der Waals surface area contributed by atoms with E-state index in [1.165, 1.54) is 0 Å². The fourth-order valence-corrected chi connectivity index (χ4v) is 3.14. The molecule has 0 unspecified atom stereocenters. The largest absolute Gasteiger partial charge is 0.321 e. The zero-order chi connectivity index (χ0) is 21.5. The van der Waals surface area contributed by atoms with Gasteiger partial charge in [-0.3, -0.25) is 4.98 Å². The summed E-state index contributed by atoms with van der Waals surface area (Å²) >= 11 is 0. The van der Waals surface area contributed by atoms with Crippen molar-refractivity contribution < 1.29 is 0 Å². The number of hydrazine groups is 1. The Balaban J connectivity index is 1.87. The van der Waals surface area contributed by atoms with Crippen LogP contribution in [0.25, 0.3) is 16.8 Å². The molecule has 0 saturated heterocycles. The molecule has 2 aromatic heterocycles.